The first-order valence-corrected chi connectivity index (χ1v) is 8.55. The molecular weight excluding hydrogens is 329 g/mol. The van der Waals surface area contributed by atoms with Gasteiger partial charge in [-0.2, -0.15) is 0 Å². The van der Waals surface area contributed by atoms with Crippen LogP contribution in [0.4, 0.5) is 0 Å². The summed E-state index contributed by atoms with van der Waals surface area (Å²) in [6.07, 6.45) is 1.75. The van der Waals surface area contributed by atoms with Crippen molar-refractivity contribution in [2.45, 2.75) is 39.2 Å². The van der Waals surface area contributed by atoms with Gasteiger partial charge in [-0.15, -0.1) is 0 Å². The molecule has 2 aromatic carbocycles. The Morgan fingerprint density at radius 2 is 1.70 bits per heavy atom. The molecule has 2 nitrogen and oxygen atoms in total. The number of hydrogen-bond donors (Lipinski definition) is 1. The maximum Gasteiger partial charge on any atom is 0.220 e. The summed E-state index contributed by atoms with van der Waals surface area (Å²) in [4.78, 5) is 12.3. The summed E-state index contributed by atoms with van der Waals surface area (Å²) in [6.45, 7) is 4.12. The third kappa shape index (κ3) is 4.98. The van der Waals surface area contributed by atoms with Gasteiger partial charge in [-0.05, 0) is 43.0 Å². The summed E-state index contributed by atoms with van der Waals surface area (Å²) < 4.78 is 0. The highest BCUT2D eigenvalue weighted by Crippen LogP contribution is 2.25. The minimum Gasteiger partial charge on any atom is -0.349 e. The quantitative estimate of drug-likeness (QED) is 0.732. The fourth-order valence-electron chi connectivity index (χ4n) is 2.50. The Bertz CT molecular complexity index is 647. The first kappa shape index (κ1) is 17.8. The molecule has 2 aromatic rings. The first-order valence-electron chi connectivity index (χ1n) is 7.80. The van der Waals surface area contributed by atoms with E-state index in [0.717, 1.165) is 17.5 Å². The molecule has 0 bridgehead atoms. The van der Waals surface area contributed by atoms with E-state index in [-0.39, 0.29) is 11.9 Å². The largest absolute Gasteiger partial charge is 0.349 e. The van der Waals surface area contributed by atoms with Crippen molar-refractivity contribution in [2.75, 3.05) is 0 Å². The standard InChI is InChI=1S/C19H21Cl2NO/c1-3-18(14-9-7-13(2)8-10-14)22-19(23)12-11-15-16(20)5-4-6-17(15)21/h4-10,18H,3,11-12H2,1-2H3,(H,22,23). The van der Waals surface area contributed by atoms with E-state index in [1.165, 1.54) is 5.56 Å². The van der Waals surface area contributed by atoms with Gasteiger partial charge in [0.25, 0.3) is 0 Å². The van der Waals surface area contributed by atoms with Crippen molar-refractivity contribution < 1.29 is 4.79 Å². The smallest absolute Gasteiger partial charge is 0.220 e. The number of carbonyl (C=O) groups is 1. The number of benzene rings is 2. The Hall–Kier alpha value is -1.51. The summed E-state index contributed by atoms with van der Waals surface area (Å²) >= 11 is 12.3. The molecule has 1 amide bonds. The van der Waals surface area contributed by atoms with Gasteiger partial charge in [0, 0.05) is 16.5 Å². The number of nitrogens with one attached hydrogen (secondary N) is 1. The number of hydrogen-bond acceptors (Lipinski definition) is 1. The van der Waals surface area contributed by atoms with Crippen LogP contribution in [-0.4, -0.2) is 5.91 Å². The lowest BCUT2D eigenvalue weighted by Gasteiger charge is -2.18. The van der Waals surface area contributed by atoms with Crippen LogP contribution in [0.25, 0.3) is 0 Å². The lowest BCUT2D eigenvalue weighted by molar-refractivity contribution is -0.121. The number of amides is 1. The monoisotopic (exact) mass is 349 g/mol. The van der Waals surface area contributed by atoms with Crippen molar-refractivity contribution in [1.82, 2.24) is 5.32 Å². The van der Waals surface area contributed by atoms with Gasteiger partial charge in [0.1, 0.15) is 0 Å². The van der Waals surface area contributed by atoms with Gasteiger partial charge in [0.15, 0.2) is 0 Å². The minimum atomic E-state index is 0.00779. The van der Waals surface area contributed by atoms with E-state index in [1.54, 1.807) is 18.2 Å². The topological polar surface area (TPSA) is 29.1 Å². The van der Waals surface area contributed by atoms with Gasteiger partial charge in [-0.25, -0.2) is 0 Å². The van der Waals surface area contributed by atoms with E-state index in [4.69, 9.17) is 23.2 Å². The number of aryl methyl sites for hydroxylation is 1. The molecule has 2 rings (SSSR count). The van der Waals surface area contributed by atoms with Crippen LogP contribution in [-0.2, 0) is 11.2 Å². The number of rotatable bonds is 6. The summed E-state index contributed by atoms with van der Waals surface area (Å²) in [5.74, 6) is 0.00779. The third-order valence-corrected chi connectivity index (χ3v) is 4.60. The van der Waals surface area contributed by atoms with Crippen LogP contribution in [0.2, 0.25) is 10.0 Å². The molecule has 0 aliphatic heterocycles. The van der Waals surface area contributed by atoms with E-state index in [1.807, 2.05) is 0 Å². The molecule has 0 heterocycles. The average Bonchev–Trinajstić information content (AvgIpc) is 2.53. The normalized spacial score (nSPS) is 12.0. The third-order valence-electron chi connectivity index (χ3n) is 3.89. The molecule has 1 atom stereocenters. The molecule has 4 heteroatoms. The van der Waals surface area contributed by atoms with Crippen LogP contribution in [0.5, 0.6) is 0 Å². The molecular formula is C19H21Cl2NO. The second-order valence-corrected chi connectivity index (χ2v) is 6.45. The van der Waals surface area contributed by atoms with Gasteiger partial charge >= 0.3 is 0 Å². The molecule has 0 radical (unpaired) electrons. The summed E-state index contributed by atoms with van der Waals surface area (Å²) in [6, 6.07) is 13.7. The maximum absolute atomic E-state index is 12.3. The molecule has 122 valence electrons. The Morgan fingerprint density at radius 3 is 2.26 bits per heavy atom. The lowest BCUT2D eigenvalue weighted by atomic mass is 10.0. The summed E-state index contributed by atoms with van der Waals surface area (Å²) in [5, 5.41) is 4.30. The predicted octanol–water partition coefficient (Wildman–Crippen LogP) is 5.50. The van der Waals surface area contributed by atoms with Crippen LogP contribution < -0.4 is 5.32 Å². The zero-order chi connectivity index (χ0) is 16.8. The molecule has 0 aromatic heterocycles. The first-order chi connectivity index (χ1) is 11.0. The second-order valence-electron chi connectivity index (χ2n) is 5.64. The van der Waals surface area contributed by atoms with Crippen molar-refractivity contribution in [3.05, 3.63) is 69.2 Å². The highest BCUT2D eigenvalue weighted by atomic mass is 35.5. The fraction of sp³-hybridized carbons (Fsp3) is 0.316. The molecule has 1 N–H and O–H groups in total. The van der Waals surface area contributed by atoms with Crippen LogP contribution in [0.15, 0.2) is 42.5 Å². The van der Waals surface area contributed by atoms with Crippen molar-refractivity contribution in [2.24, 2.45) is 0 Å². The van der Waals surface area contributed by atoms with E-state index < -0.39 is 0 Å². The Kier molecular flexibility index (Phi) is 6.49. The van der Waals surface area contributed by atoms with Crippen molar-refractivity contribution in [3.8, 4) is 0 Å². The number of halogens is 2. The molecule has 0 saturated heterocycles. The van der Waals surface area contributed by atoms with Gasteiger partial charge in [0.05, 0.1) is 6.04 Å². The fourth-order valence-corrected chi connectivity index (χ4v) is 3.08. The van der Waals surface area contributed by atoms with Crippen molar-refractivity contribution >= 4 is 29.1 Å². The maximum atomic E-state index is 12.3. The molecule has 0 fully saturated rings. The SMILES string of the molecule is CCC(NC(=O)CCc1c(Cl)cccc1Cl)c1ccc(C)cc1. The average molecular weight is 350 g/mol. The molecule has 0 aliphatic carbocycles. The highest BCUT2D eigenvalue weighted by Gasteiger charge is 2.14. The lowest BCUT2D eigenvalue weighted by Crippen LogP contribution is -2.28. The Balaban J connectivity index is 1.96. The van der Waals surface area contributed by atoms with Crippen molar-refractivity contribution in [1.29, 1.82) is 0 Å². The zero-order valence-corrected chi connectivity index (χ0v) is 14.9. The van der Waals surface area contributed by atoms with Gasteiger partial charge < -0.3 is 5.32 Å². The van der Waals surface area contributed by atoms with E-state index in [9.17, 15) is 4.79 Å². The summed E-state index contributed by atoms with van der Waals surface area (Å²) in [5.41, 5.74) is 3.17. The van der Waals surface area contributed by atoms with Crippen LogP contribution in [0.3, 0.4) is 0 Å². The van der Waals surface area contributed by atoms with Gasteiger partial charge in [-0.3, -0.25) is 4.79 Å². The van der Waals surface area contributed by atoms with Crippen molar-refractivity contribution in [3.63, 3.8) is 0 Å². The molecule has 0 spiro atoms. The molecule has 0 saturated carbocycles. The Morgan fingerprint density at radius 1 is 1.09 bits per heavy atom. The number of carbonyl (C=O) groups excluding carboxylic acids is 1. The Labute approximate surface area is 147 Å². The minimum absolute atomic E-state index is 0.00779. The van der Waals surface area contributed by atoms with Gasteiger partial charge in [0.2, 0.25) is 5.91 Å². The summed E-state index contributed by atoms with van der Waals surface area (Å²) in [7, 11) is 0. The van der Waals surface area contributed by atoms with E-state index >= 15 is 0 Å². The highest BCUT2D eigenvalue weighted by molar-refractivity contribution is 6.36. The zero-order valence-electron chi connectivity index (χ0n) is 13.4. The van der Waals surface area contributed by atoms with Crippen LogP contribution in [0.1, 0.15) is 42.5 Å². The second kappa shape index (κ2) is 8.37. The molecule has 23 heavy (non-hydrogen) atoms. The molecule has 1 unspecified atom stereocenters. The van der Waals surface area contributed by atoms with E-state index in [2.05, 4.69) is 43.4 Å². The van der Waals surface area contributed by atoms with E-state index in [0.29, 0.717) is 22.9 Å². The predicted molar refractivity (Wildman–Crippen MR) is 97.1 cm³/mol. The van der Waals surface area contributed by atoms with Gasteiger partial charge in [-0.1, -0.05) is 66.0 Å². The van der Waals surface area contributed by atoms with Crippen LogP contribution >= 0.6 is 23.2 Å². The molecule has 0 aliphatic rings. The van der Waals surface area contributed by atoms with Crippen LogP contribution in [0, 0.1) is 6.92 Å².